The van der Waals surface area contributed by atoms with Crippen molar-refractivity contribution in [1.82, 2.24) is 10.2 Å². The number of rotatable bonds is 4. The van der Waals surface area contributed by atoms with Crippen LogP contribution in [0.5, 0.6) is 0 Å². The lowest BCUT2D eigenvalue weighted by Crippen LogP contribution is -2.45. The van der Waals surface area contributed by atoms with E-state index in [4.69, 9.17) is 5.73 Å². The molecule has 96 valence electrons. The van der Waals surface area contributed by atoms with E-state index in [1.165, 1.54) is 12.8 Å². The van der Waals surface area contributed by atoms with Crippen molar-refractivity contribution in [1.29, 1.82) is 5.26 Å². The number of anilines is 1. The lowest BCUT2D eigenvalue weighted by molar-refractivity contribution is 0.457. The number of nitriles is 1. The van der Waals surface area contributed by atoms with Crippen LogP contribution < -0.4 is 11.1 Å². The normalized spacial score (nSPS) is 17.9. The van der Waals surface area contributed by atoms with Crippen LogP contribution in [0, 0.1) is 31.1 Å². The van der Waals surface area contributed by atoms with Crippen LogP contribution in [0.15, 0.2) is 0 Å². The molecule has 0 bridgehead atoms. The molecule has 2 rings (SSSR count). The second kappa shape index (κ2) is 4.54. The standard InChI is InChI=1S/C13H19N5/c1-8-9(2)17-18-12(11(8)6-14)16-13(3,7-15)10-4-5-10/h10H,4-5,7,15H2,1-3H3,(H,16,18). The Morgan fingerprint density at radius 2 is 2.11 bits per heavy atom. The molecule has 0 aliphatic heterocycles. The Morgan fingerprint density at radius 3 is 2.61 bits per heavy atom. The summed E-state index contributed by atoms with van der Waals surface area (Å²) in [5.41, 5.74) is 7.91. The summed E-state index contributed by atoms with van der Waals surface area (Å²) in [5.74, 6) is 1.12. The molecule has 5 nitrogen and oxygen atoms in total. The number of nitrogens with zero attached hydrogens (tertiary/aromatic N) is 3. The maximum Gasteiger partial charge on any atom is 0.167 e. The van der Waals surface area contributed by atoms with Gasteiger partial charge in [0.05, 0.1) is 11.2 Å². The highest BCUT2D eigenvalue weighted by Crippen LogP contribution is 2.41. The van der Waals surface area contributed by atoms with Gasteiger partial charge in [-0.05, 0) is 45.1 Å². The second-order valence-corrected chi connectivity index (χ2v) is 5.27. The number of aryl methyl sites for hydroxylation is 1. The van der Waals surface area contributed by atoms with E-state index in [0.29, 0.717) is 23.8 Å². The van der Waals surface area contributed by atoms with Crippen LogP contribution in [0.4, 0.5) is 5.82 Å². The van der Waals surface area contributed by atoms with E-state index in [1.807, 2.05) is 13.8 Å². The minimum Gasteiger partial charge on any atom is -0.361 e. The molecule has 1 aliphatic carbocycles. The Kier molecular flexibility index (Phi) is 3.22. The quantitative estimate of drug-likeness (QED) is 0.839. The summed E-state index contributed by atoms with van der Waals surface area (Å²) >= 11 is 0. The summed E-state index contributed by atoms with van der Waals surface area (Å²) < 4.78 is 0. The predicted octanol–water partition coefficient (Wildman–Crippen LogP) is 1.50. The van der Waals surface area contributed by atoms with Gasteiger partial charge in [0.25, 0.3) is 0 Å². The first-order valence-corrected chi connectivity index (χ1v) is 6.24. The molecule has 0 spiro atoms. The Labute approximate surface area is 107 Å². The van der Waals surface area contributed by atoms with Crippen molar-refractivity contribution < 1.29 is 0 Å². The second-order valence-electron chi connectivity index (χ2n) is 5.27. The molecule has 3 N–H and O–H groups in total. The van der Waals surface area contributed by atoms with E-state index in [2.05, 4.69) is 28.5 Å². The molecule has 1 atom stereocenters. The van der Waals surface area contributed by atoms with Gasteiger partial charge in [-0.2, -0.15) is 10.4 Å². The van der Waals surface area contributed by atoms with E-state index < -0.39 is 0 Å². The molecular formula is C13H19N5. The molecule has 18 heavy (non-hydrogen) atoms. The molecule has 1 saturated carbocycles. The Bertz CT molecular complexity index is 501. The van der Waals surface area contributed by atoms with E-state index >= 15 is 0 Å². The van der Waals surface area contributed by atoms with Crippen molar-refractivity contribution >= 4 is 5.82 Å². The third kappa shape index (κ3) is 2.16. The number of nitrogens with one attached hydrogen (secondary N) is 1. The van der Waals surface area contributed by atoms with E-state index in [0.717, 1.165) is 11.3 Å². The molecule has 1 aromatic rings. The third-order valence-electron chi connectivity index (χ3n) is 3.87. The fraction of sp³-hybridized carbons (Fsp3) is 0.615. The minimum absolute atomic E-state index is 0.192. The molecule has 0 radical (unpaired) electrons. The van der Waals surface area contributed by atoms with Crippen molar-refractivity contribution in [3.8, 4) is 6.07 Å². The highest BCUT2D eigenvalue weighted by atomic mass is 15.2. The lowest BCUT2D eigenvalue weighted by atomic mass is 9.95. The van der Waals surface area contributed by atoms with Crippen molar-refractivity contribution in [2.24, 2.45) is 11.7 Å². The number of hydrogen-bond acceptors (Lipinski definition) is 5. The van der Waals surface area contributed by atoms with Crippen LogP contribution in [-0.2, 0) is 0 Å². The number of hydrogen-bond donors (Lipinski definition) is 2. The van der Waals surface area contributed by atoms with Gasteiger partial charge in [0.2, 0.25) is 0 Å². The summed E-state index contributed by atoms with van der Waals surface area (Å²) in [5, 5.41) is 20.8. The van der Waals surface area contributed by atoms with E-state index in [9.17, 15) is 5.26 Å². The lowest BCUT2D eigenvalue weighted by Gasteiger charge is -2.30. The van der Waals surface area contributed by atoms with Gasteiger partial charge in [0.15, 0.2) is 5.82 Å². The first kappa shape index (κ1) is 12.8. The molecule has 1 heterocycles. The molecule has 1 fully saturated rings. The van der Waals surface area contributed by atoms with Gasteiger partial charge in [-0.15, -0.1) is 5.10 Å². The topological polar surface area (TPSA) is 87.6 Å². The summed E-state index contributed by atoms with van der Waals surface area (Å²) in [6, 6.07) is 2.20. The van der Waals surface area contributed by atoms with Crippen LogP contribution in [0.3, 0.4) is 0 Å². The summed E-state index contributed by atoms with van der Waals surface area (Å²) in [7, 11) is 0. The smallest absolute Gasteiger partial charge is 0.167 e. The zero-order chi connectivity index (χ0) is 13.3. The van der Waals surface area contributed by atoms with Crippen molar-refractivity contribution in [3.63, 3.8) is 0 Å². The zero-order valence-electron chi connectivity index (χ0n) is 11.1. The maximum absolute atomic E-state index is 9.26. The highest BCUT2D eigenvalue weighted by molar-refractivity contribution is 5.57. The summed E-state index contributed by atoms with van der Waals surface area (Å²) in [6.07, 6.45) is 2.36. The maximum atomic E-state index is 9.26. The molecule has 1 aromatic heterocycles. The molecule has 0 amide bonds. The van der Waals surface area contributed by atoms with Gasteiger partial charge >= 0.3 is 0 Å². The van der Waals surface area contributed by atoms with Gasteiger partial charge in [-0.3, -0.25) is 0 Å². The number of nitrogens with two attached hydrogens (primary N) is 1. The molecule has 5 heteroatoms. The van der Waals surface area contributed by atoms with Crippen LogP contribution in [0.2, 0.25) is 0 Å². The fourth-order valence-electron chi connectivity index (χ4n) is 2.14. The van der Waals surface area contributed by atoms with Crippen LogP contribution in [-0.4, -0.2) is 22.3 Å². The number of aromatic nitrogens is 2. The van der Waals surface area contributed by atoms with E-state index in [-0.39, 0.29) is 5.54 Å². The van der Waals surface area contributed by atoms with Gasteiger partial charge < -0.3 is 11.1 Å². The Hall–Kier alpha value is -1.67. The fourth-order valence-corrected chi connectivity index (χ4v) is 2.14. The average molecular weight is 245 g/mol. The first-order valence-electron chi connectivity index (χ1n) is 6.24. The van der Waals surface area contributed by atoms with Gasteiger partial charge in [-0.1, -0.05) is 0 Å². The van der Waals surface area contributed by atoms with E-state index in [1.54, 1.807) is 0 Å². The minimum atomic E-state index is -0.192. The SMILES string of the molecule is Cc1nnc(NC(C)(CN)C2CC2)c(C#N)c1C. The summed E-state index contributed by atoms with van der Waals surface area (Å²) in [6.45, 7) is 6.36. The predicted molar refractivity (Wildman–Crippen MR) is 70.0 cm³/mol. The molecular weight excluding hydrogens is 226 g/mol. The molecule has 1 unspecified atom stereocenters. The van der Waals surface area contributed by atoms with Gasteiger partial charge in [-0.25, -0.2) is 0 Å². The Morgan fingerprint density at radius 1 is 1.44 bits per heavy atom. The monoisotopic (exact) mass is 245 g/mol. The largest absolute Gasteiger partial charge is 0.361 e. The Balaban J connectivity index is 2.34. The molecule has 1 aliphatic rings. The highest BCUT2D eigenvalue weighted by Gasteiger charge is 2.41. The first-order chi connectivity index (χ1) is 8.51. The summed E-state index contributed by atoms with van der Waals surface area (Å²) in [4.78, 5) is 0. The van der Waals surface area contributed by atoms with Crippen molar-refractivity contribution in [3.05, 3.63) is 16.8 Å². The van der Waals surface area contributed by atoms with Crippen LogP contribution >= 0.6 is 0 Å². The van der Waals surface area contributed by atoms with Crippen molar-refractivity contribution in [2.45, 2.75) is 39.2 Å². The van der Waals surface area contributed by atoms with Gasteiger partial charge in [0, 0.05) is 6.54 Å². The molecule has 0 aromatic carbocycles. The average Bonchev–Trinajstić information content (AvgIpc) is 3.18. The third-order valence-corrected chi connectivity index (χ3v) is 3.87. The van der Waals surface area contributed by atoms with Gasteiger partial charge in [0.1, 0.15) is 11.6 Å². The van der Waals surface area contributed by atoms with Crippen LogP contribution in [0.1, 0.15) is 36.6 Å². The van der Waals surface area contributed by atoms with Crippen molar-refractivity contribution in [2.75, 3.05) is 11.9 Å². The zero-order valence-corrected chi connectivity index (χ0v) is 11.1. The molecule has 0 saturated heterocycles. The van der Waals surface area contributed by atoms with Crippen LogP contribution in [0.25, 0.3) is 0 Å².